The number of alkyl halides is 3. The fraction of sp³-hybridized carbons (Fsp3) is 0.231. The number of nitrogens with one attached hydrogen (secondary N) is 1. The molecule has 0 bridgehead atoms. The molecule has 0 spiro atoms. The van der Waals surface area contributed by atoms with Gasteiger partial charge in [0.25, 0.3) is 0 Å². The number of ether oxygens (including phenoxy) is 1. The highest BCUT2D eigenvalue weighted by atomic mass is 19.4. The first-order chi connectivity index (χ1) is 16.1. The normalized spacial score (nSPS) is 20.3. The number of halogens is 3. The maximum Gasteiger partial charge on any atom is 0.490 e. The maximum absolute atomic E-state index is 10.6. The average Bonchev–Trinajstić information content (AvgIpc) is 3.19. The minimum atomic E-state index is -5.08. The number of para-hydroxylation sites is 1. The van der Waals surface area contributed by atoms with Gasteiger partial charge >= 0.3 is 12.1 Å². The van der Waals surface area contributed by atoms with E-state index in [9.17, 15) is 13.2 Å². The molecule has 3 aromatic carbocycles. The predicted octanol–water partition coefficient (Wildman–Crippen LogP) is 5.75. The van der Waals surface area contributed by atoms with Crippen molar-refractivity contribution in [3.05, 3.63) is 102 Å². The quantitative estimate of drug-likeness (QED) is 0.499. The van der Waals surface area contributed by atoms with Gasteiger partial charge in [0.2, 0.25) is 0 Å². The summed E-state index contributed by atoms with van der Waals surface area (Å²) >= 11 is 0. The maximum atomic E-state index is 10.6. The van der Waals surface area contributed by atoms with Gasteiger partial charge in [0.15, 0.2) is 6.10 Å². The molecule has 0 aromatic heterocycles. The van der Waals surface area contributed by atoms with Gasteiger partial charge in [-0.3, -0.25) is 4.99 Å². The summed E-state index contributed by atoms with van der Waals surface area (Å²) in [7, 11) is 0. The number of aliphatic imine (C=N–C) groups is 1. The van der Waals surface area contributed by atoms with E-state index in [1.807, 2.05) is 49.4 Å². The number of rotatable bonds is 5. The molecule has 0 amide bonds. The Labute approximate surface area is 195 Å². The highest BCUT2D eigenvalue weighted by Crippen LogP contribution is 2.42. The van der Waals surface area contributed by atoms with Gasteiger partial charge in [-0.15, -0.1) is 0 Å². The van der Waals surface area contributed by atoms with Gasteiger partial charge in [-0.25, -0.2) is 4.79 Å². The number of benzene rings is 3. The standard InChI is InChI=1S/C24H24N2O.C2HF3O2/c1-18(27-21-16-10-5-11-17-21)23-25-22(19-12-6-3-7-13-19)24(2,26-23)20-14-8-4-9-15-20;3-2(4,5)1(6)7/h3-18,22H,1-2H3,(H,25,26);(H,6,7)/t18?,22-,24+;/m1./s1. The number of hydrogen-bond donors (Lipinski definition) is 2. The Morgan fingerprint density at radius 2 is 1.44 bits per heavy atom. The van der Waals surface area contributed by atoms with Gasteiger partial charge in [0.1, 0.15) is 17.1 Å². The lowest BCUT2D eigenvalue weighted by Crippen LogP contribution is -2.37. The van der Waals surface area contributed by atoms with E-state index in [4.69, 9.17) is 19.6 Å². The molecule has 1 aliphatic rings. The van der Waals surface area contributed by atoms with Crippen molar-refractivity contribution in [2.75, 3.05) is 0 Å². The summed E-state index contributed by atoms with van der Waals surface area (Å²) < 4.78 is 37.9. The molecular formula is C26H25F3N2O3. The predicted molar refractivity (Wildman–Crippen MR) is 124 cm³/mol. The molecule has 0 saturated carbocycles. The van der Waals surface area contributed by atoms with Crippen LogP contribution < -0.4 is 10.1 Å². The monoisotopic (exact) mass is 470 g/mol. The third-order valence-corrected chi connectivity index (χ3v) is 5.38. The Morgan fingerprint density at radius 3 is 1.94 bits per heavy atom. The molecule has 0 saturated heterocycles. The smallest absolute Gasteiger partial charge is 0.483 e. The molecule has 1 aliphatic heterocycles. The Hall–Kier alpha value is -3.81. The molecule has 0 aliphatic carbocycles. The molecule has 8 heteroatoms. The third kappa shape index (κ3) is 5.95. The highest BCUT2D eigenvalue weighted by Gasteiger charge is 2.43. The number of carbonyl (C=O) groups is 1. The molecular weight excluding hydrogens is 445 g/mol. The van der Waals surface area contributed by atoms with Crippen molar-refractivity contribution < 1.29 is 27.8 Å². The summed E-state index contributed by atoms with van der Waals surface area (Å²) in [5.74, 6) is -1.04. The van der Waals surface area contributed by atoms with Crippen molar-refractivity contribution in [2.45, 2.75) is 37.7 Å². The minimum absolute atomic E-state index is 0.0536. The summed E-state index contributed by atoms with van der Waals surface area (Å²) in [6.45, 7) is 4.23. The van der Waals surface area contributed by atoms with E-state index in [-0.39, 0.29) is 12.1 Å². The molecule has 1 heterocycles. The number of amidine groups is 1. The van der Waals surface area contributed by atoms with E-state index in [1.165, 1.54) is 11.1 Å². The van der Waals surface area contributed by atoms with E-state index in [2.05, 4.69) is 60.8 Å². The van der Waals surface area contributed by atoms with Crippen LogP contribution in [0.4, 0.5) is 13.2 Å². The van der Waals surface area contributed by atoms with Crippen LogP contribution in [0.1, 0.15) is 31.0 Å². The summed E-state index contributed by atoms with van der Waals surface area (Å²) in [6.07, 6.45) is -5.25. The van der Waals surface area contributed by atoms with Crippen LogP contribution in [0.3, 0.4) is 0 Å². The summed E-state index contributed by atoms with van der Waals surface area (Å²) in [4.78, 5) is 14.0. The lowest BCUT2D eigenvalue weighted by atomic mass is 9.82. The first-order valence-electron chi connectivity index (χ1n) is 10.6. The zero-order chi connectivity index (χ0) is 24.8. The van der Waals surface area contributed by atoms with Gasteiger partial charge in [0.05, 0.1) is 6.04 Å². The molecule has 1 unspecified atom stereocenters. The fourth-order valence-electron chi connectivity index (χ4n) is 3.66. The molecule has 5 nitrogen and oxygen atoms in total. The molecule has 2 N–H and O–H groups in total. The number of aliphatic carboxylic acids is 1. The summed E-state index contributed by atoms with van der Waals surface area (Å²) in [6, 6.07) is 30.9. The Bertz CT molecular complexity index is 1110. The lowest BCUT2D eigenvalue weighted by molar-refractivity contribution is -0.192. The van der Waals surface area contributed by atoms with Crippen molar-refractivity contribution in [2.24, 2.45) is 4.99 Å². The van der Waals surface area contributed by atoms with Crippen LogP contribution in [0.25, 0.3) is 0 Å². The van der Waals surface area contributed by atoms with E-state index in [0.717, 1.165) is 11.6 Å². The zero-order valence-electron chi connectivity index (χ0n) is 18.7. The third-order valence-electron chi connectivity index (χ3n) is 5.38. The molecule has 4 rings (SSSR count). The first kappa shape index (κ1) is 24.8. The number of nitrogens with zero attached hydrogens (tertiary/aromatic N) is 1. The Morgan fingerprint density at radius 1 is 0.971 bits per heavy atom. The number of carboxylic acid groups (broad SMARTS) is 1. The van der Waals surface area contributed by atoms with Gasteiger partial charge in [-0.2, -0.15) is 13.2 Å². The Kier molecular flexibility index (Phi) is 7.61. The van der Waals surface area contributed by atoms with Crippen LogP contribution in [-0.4, -0.2) is 29.2 Å². The van der Waals surface area contributed by atoms with Crippen molar-refractivity contribution in [1.29, 1.82) is 0 Å². The van der Waals surface area contributed by atoms with Crippen molar-refractivity contribution >= 4 is 11.8 Å². The highest BCUT2D eigenvalue weighted by molar-refractivity contribution is 5.89. The van der Waals surface area contributed by atoms with E-state index in [1.54, 1.807) is 0 Å². The lowest BCUT2D eigenvalue weighted by Gasteiger charge is -2.30. The second kappa shape index (κ2) is 10.4. The fourth-order valence-corrected chi connectivity index (χ4v) is 3.66. The first-order valence-corrected chi connectivity index (χ1v) is 10.6. The molecule has 178 valence electrons. The van der Waals surface area contributed by atoms with Crippen molar-refractivity contribution in [3.63, 3.8) is 0 Å². The zero-order valence-corrected chi connectivity index (χ0v) is 18.7. The SMILES string of the molecule is CC(Oc1ccccc1)C1=N[C@@](C)(c2ccccc2)[C@@H](c2ccccc2)N1.O=C(O)C(F)(F)F. The Balaban J connectivity index is 0.000000406. The van der Waals surface area contributed by atoms with Crippen molar-refractivity contribution in [1.82, 2.24) is 5.32 Å². The minimum Gasteiger partial charge on any atom is -0.483 e. The second-order valence-corrected chi connectivity index (χ2v) is 7.87. The summed E-state index contributed by atoms with van der Waals surface area (Å²) in [5, 5.41) is 10.8. The topological polar surface area (TPSA) is 70.9 Å². The number of carboxylic acids is 1. The molecule has 0 radical (unpaired) electrons. The average molecular weight is 470 g/mol. The van der Waals surface area contributed by atoms with Crippen molar-refractivity contribution in [3.8, 4) is 5.75 Å². The van der Waals surface area contributed by atoms with Gasteiger partial charge in [0, 0.05) is 0 Å². The van der Waals surface area contributed by atoms with Gasteiger partial charge in [-0.1, -0.05) is 78.9 Å². The molecule has 3 aromatic rings. The summed E-state index contributed by atoms with van der Waals surface area (Å²) in [5.41, 5.74) is 2.01. The van der Waals surface area contributed by atoms with Crippen LogP contribution in [0.2, 0.25) is 0 Å². The molecule has 34 heavy (non-hydrogen) atoms. The van der Waals surface area contributed by atoms with Crippen LogP contribution in [0, 0.1) is 0 Å². The van der Waals surface area contributed by atoms with Crippen LogP contribution in [-0.2, 0) is 10.3 Å². The van der Waals surface area contributed by atoms with Crippen LogP contribution >= 0.6 is 0 Å². The largest absolute Gasteiger partial charge is 0.490 e. The number of hydrogen-bond acceptors (Lipinski definition) is 4. The van der Waals surface area contributed by atoms with Gasteiger partial charge < -0.3 is 15.2 Å². The van der Waals surface area contributed by atoms with E-state index >= 15 is 0 Å². The van der Waals surface area contributed by atoms with E-state index < -0.39 is 17.7 Å². The van der Waals surface area contributed by atoms with Crippen LogP contribution in [0.15, 0.2) is 96.0 Å². The van der Waals surface area contributed by atoms with Gasteiger partial charge in [-0.05, 0) is 37.1 Å². The van der Waals surface area contributed by atoms with Crippen LogP contribution in [0.5, 0.6) is 5.75 Å². The molecule has 3 atom stereocenters. The second-order valence-electron chi connectivity index (χ2n) is 7.87. The molecule has 0 fully saturated rings. The van der Waals surface area contributed by atoms with E-state index in [0.29, 0.717) is 0 Å².